The van der Waals surface area contributed by atoms with Gasteiger partial charge in [0.25, 0.3) is 10.0 Å². The molecule has 0 fully saturated rings. The fraction of sp³-hybridized carbons (Fsp3) is 0.300. The molecule has 1 aromatic heterocycles. The molecule has 3 aromatic rings. The van der Waals surface area contributed by atoms with Gasteiger partial charge >= 0.3 is 5.69 Å². The van der Waals surface area contributed by atoms with Crippen molar-refractivity contribution < 1.29 is 13.2 Å². The van der Waals surface area contributed by atoms with Crippen LogP contribution < -0.4 is 11.0 Å². The van der Waals surface area contributed by atoms with Gasteiger partial charge in [-0.2, -0.15) is 3.97 Å². The van der Waals surface area contributed by atoms with Crippen LogP contribution in [0.3, 0.4) is 0 Å². The maximum Gasteiger partial charge on any atom is 0.343 e. The monoisotopic (exact) mass is 401 g/mol. The van der Waals surface area contributed by atoms with Crippen LogP contribution in [0.25, 0.3) is 11.0 Å². The highest BCUT2D eigenvalue weighted by Crippen LogP contribution is 2.21. The van der Waals surface area contributed by atoms with Gasteiger partial charge in [-0.25, -0.2) is 13.2 Å². The van der Waals surface area contributed by atoms with Crippen molar-refractivity contribution in [1.82, 2.24) is 13.9 Å². The first-order chi connectivity index (χ1) is 13.2. The third-order valence-electron chi connectivity index (χ3n) is 4.42. The van der Waals surface area contributed by atoms with Crippen LogP contribution in [0, 0.1) is 12.8 Å². The second-order valence-electron chi connectivity index (χ2n) is 7.09. The van der Waals surface area contributed by atoms with Gasteiger partial charge < -0.3 is 5.32 Å². The van der Waals surface area contributed by atoms with Gasteiger partial charge in [-0.05, 0) is 36.6 Å². The van der Waals surface area contributed by atoms with Gasteiger partial charge in [0.1, 0.15) is 6.54 Å². The van der Waals surface area contributed by atoms with Gasteiger partial charge in [0.05, 0.1) is 15.9 Å². The molecule has 0 aliphatic carbocycles. The van der Waals surface area contributed by atoms with Gasteiger partial charge in [0.2, 0.25) is 5.91 Å². The van der Waals surface area contributed by atoms with E-state index in [0.29, 0.717) is 17.6 Å². The summed E-state index contributed by atoms with van der Waals surface area (Å²) in [5.41, 5.74) is 0.418. The summed E-state index contributed by atoms with van der Waals surface area (Å²) in [6.45, 7) is 5.84. The van der Waals surface area contributed by atoms with Crippen LogP contribution in [0.5, 0.6) is 0 Å². The Hall–Kier alpha value is -2.87. The number of fused-ring (bicyclic) bond motifs is 1. The second-order valence-corrected chi connectivity index (χ2v) is 8.85. The van der Waals surface area contributed by atoms with Crippen molar-refractivity contribution in [3.8, 4) is 0 Å². The van der Waals surface area contributed by atoms with Crippen molar-refractivity contribution in [3.05, 3.63) is 64.6 Å². The average Bonchev–Trinajstić information content (AvgIpc) is 2.92. The van der Waals surface area contributed by atoms with E-state index in [0.717, 1.165) is 3.97 Å². The maximum atomic E-state index is 13.3. The van der Waals surface area contributed by atoms with Crippen molar-refractivity contribution in [2.75, 3.05) is 6.54 Å². The van der Waals surface area contributed by atoms with E-state index in [1.165, 1.54) is 10.6 Å². The Kier molecular flexibility index (Phi) is 5.42. The van der Waals surface area contributed by atoms with Gasteiger partial charge in [-0.15, -0.1) is 0 Å². The van der Waals surface area contributed by atoms with E-state index in [1.807, 2.05) is 13.8 Å². The van der Waals surface area contributed by atoms with E-state index < -0.39 is 15.7 Å². The third kappa shape index (κ3) is 3.60. The standard InChI is InChI=1S/C20H23N3O4S/c1-14(2)12-21-19(24)13-22-16-9-5-6-10-17(16)23(20(22)25)28(26,27)18-11-7-4-8-15(18)3/h4-11,14H,12-13H2,1-3H3,(H,21,24). The van der Waals surface area contributed by atoms with Crippen molar-refractivity contribution in [2.45, 2.75) is 32.2 Å². The largest absolute Gasteiger partial charge is 0.354 e. The van der Waals surface area contributed by atoms with Crippen LogP contribution in [-0.4, -0.2) is 29.4 Å². The first-order valence-electron chi connectivity index (χ1n) is 9.01. The molecule has 2 aromatic carbocycles. The number of aryl methyl sites for hydroxylation is 1. The lowest BCUT2D eigenvalue weighted by molar-refractivity contribution is -0.121. The number of nitrogens with zero attached hydrogens (tertiary/aromatic N) is 2. The second kappa shape index (κ2) is 7.63. The Bertz CT molecular complexity index is 1190. The number of carbonyl (C=O) groups is 1. The van der Waals surface area contributed by atoms with Crippen molar-refractivity contribution in [3.63, 3.8) is 0 Å². The molecule has 7 nitrogen and oxygen atoms in total. The van der Waals surface area contributed by atoms with Crippen LogP contribution in [0.2, 0.25) is 0 Å². The summed E-state index contributed by atoms with van der Waals surface area (Å²) in [6.07, 6.45) is 0. The first-order valence-corrected chi connectivity index (χ1v) is 10.5. The van der Waals surface area contributed by atoms with E-state index in [4.69, 9.17) is 0 Å². The molecule has 0 aliphatic rings. The van der Waals surface area contributed by atoms with Gasteiger partial charge in [-0.1, -0.05) is 44.2 Å². The summed E-state index contributed by atoms with van der Waals surface area (Å²) in [5.74, 6) is -0.0737. The quantitative estimate of drug-likeness (QED) is 0.685. The Balaban J connectivity index is 2.15. The number of aromatic nitrogens is 2. The smallest absolute Gasteiger partial charge is 0.343 e. The molecule has 8 heteroatoms. The lowest BCUT2D eigenvalue weighted by Gasteiger charge is -2.09. The van der Waals surface area contributed by atoms with Crippen LogP contribution >= 0.6 is 0 Å². The van der Waals surface area contributed by atoms with Crippen LogP contribution in [0.1, 0.15) is 19.4 Å². The topological polar surface area (TPSA) is 90.2 Å². The summed E-state index contributed by atoms with van der Waals surface area (Å²) >= 11 is 0. The normalized spacial score (nSPS) is 11.9. The summed E-state index contributed by atoms with van der Waals surface area (Å²) in [5, 5.41) is 2.75. The van der Waals surface area contributed by atoms with Crippen LogP contribution in [0.4, 0.5) is 0 Å². The molecule has 28 heavy (non-hydrogen) atoms. The van der Waals surface area contributed by atoms with Crippen LogP contribution in [0.15, 0.2) is 58.2 Å². The maximum absolute atomic E-state index is 13.3. The summed E-state index contributed by atoms with van der Waals surface area (Å²) in [7, 11) is -4.12. The predicted octanol–water partition coefficient (Wildman–Crippen LogP) is 2.12. The zero-order valence-electron chi connectivity index (χ0n) is 16.0. The molecular formula is C20H23N3O4S. The molecule has 1 N–H and O–H groups in total. The third-order valence-corrected chi connectivity index (χ3v) is 6.26. The highest BCUT2D eigenvalue weighted by atomic mass is 32.2. The van der Waals surface area contributed by atoms with E-state index in [1.54, 1.807) is 49.4 Å². The number of benzene rings is 2. The molecule has 1 heterocycles. The number of para-hydroxylation sites is 2. The number of amides is 1. The summed E-state index contributed by atoms with van der Waals surface area (Å²) in [6, 6.07) is 13.1. The molecule has 1 amide bonds. The lowest BCUT2D eigenvalue weighted by atomic mass is 10.2. The SMILES string of the molecule is Cc1ccccc1S(=O)(=O)n1c(=O)n(CC(=O)NCC(C)C)c2ccccc21. The fourth-order valence-corrected chi connectivity index (χ4v) is 4.67. The number of imidazole rings is 1. The fourth-order valence-electron chi connectivity index (χ4n) is 3.03. The summed E-state index contributed by atoms with van der Waals surface area (Å²) < 4.78 is 28.5. The minimum atomic E-state index is -4.12. The predicted molar refractivity (Wildman–Crippen MR) is 108 cm³/mol. The zero-order chi connectivity index (χ0) is 20.5. The first kappa shape index (κ1) is 19.9. The number of carbonyl (C=O) groups excluding carboxylic acids is 1. The molecule has 0 bridgehead atoms. The minimum Gasteiger partial charge on any atom is -0.354 e. The molecule has 0 spiro atoms. The molecule has 148 valence electrons. The Labute approximate surface area is 163 Å². The molecular weight excluding hydrogens is 378 g/mol. The minimum absolute atomic E-state index is 0.0595. The van der Waals surface area contributed by atoms with E-state index in [9.17, 15) is 18.0 Å². The number of nitrogens with one attached hydrogen (secondary N) is 1. The van der Waals surface area contributed by atoms with Crippen molar-refractivity contribution in [2.24, 2.45) is 5.92 Å². The molecule has 0 saturated carbocycles. The molecule has 0 radical (unpaired) electrons. The lowest BCUT2D eigenvalue weighted by Crippen LogP contribution is -2.36. The zero-order valence-corrected chi connectivity index (χ0v) is 16.9. The number of hydrogen-bond donors (Lipinski definition) is 1. The van der Waals surface area contributed by atoms with Gasteiger partial charge in [0, 0.05) is 6.54 Å². The van der Waals surface area contributed by atoms with Crippen molar-refractivity contribution >= 4 is 27.0 Å². The summed E-state index contributed by atoms with van der Waals surface area (Å²) in [4.78, 5) is 25.4. The molecule has 0 aliphatic heterocycles. The van der Waals surface area contributed by atoms with E-state index in [-0.39, 0.29) is 28.8 Å². The number of rotatable bonds is 6. The highest BCUT2D eigenvalue weighted by Gasteiger charge is 2.26. The molecule has 0 atom stereocenters. The van der Waals surface area contributed by atoms with Crippen LogP contribution in [-0.2, 0) is 21.4 Å². The Morgan fingerprint density at radius 3 is 2.29 bits per heavy atom. The van der Waals surface area contributed by atoms with Gasteiger partial charge in [-0.3, -0.25) is 9.36 Å². The molecule has 0 unspecified atom stereocenters. The Morgan fingerprint density at radius 2 is 1.64 bits per heavy atom. The van der Waals surface area contributed by atoms with E-state index >= 15 is 0 Å². The number of hydrogen-bond acceptors (Lipinski definition) is 4. The molecule has 3 rings (SSSR count). The average molecular weight is 401 g/mol. The molecule has 0 saturated heterocycles. The Morgan fingerprint density at radius 1 is 1.04 bits per heavy atom. The van der Waals surface area contributed by atoms with Gasteiger partial charge in [0.15, 0.2) is 0 Å². The van der Waals surface area contributed by atoms with E-state index in [2.05, 4.69) is 5.32 Å². The highest BCUT2D eigenvalue weighted by molar-refractivity contribution is 7.90. The van der Waals surface area contributed by atoms with Crippen molar-refractivity contribution in [1.29, 1.82) is 0 Å².